The molecule has 0 aliphatic carbocycles. The molecular formula is C18H17F3N6O. The quantitative estimate of drug-likeness (QED) is 0.684. The van der Waals surface area contributed by atoms with Crippen molar-refractivity contribution in [3.63, 3.8) is 0 Å². The van der Waals surface area contributed by atoms with Crippen molar-refractivity contribution in [1.82, 2.24) is 24.5 Å². The van der Waals surface area contributed by atoms with Crippen LogP contribution in [0.2, 0.25) is 0 Å². The van der Waals surface area contributed by atoms with E-state index in [0.717, 1.165) is 43.6 Å². The van der Waals surface area contributed by atoms with E-state index in [1.807, 2.05) is 12.1 Å². The van der Waals surface area contributed by atoms with E-state index in [-0.39, 0.29) is 5.92 Å². The lowest BCUT2D eigenvalue weighted by Gasteiger charge is -2.33. The highest BCUT2D eigenvalue weighted by Crippen LogP contribution is 2.27. The molecule has 0 unspecified atom stereocenters. The van der Waals surface area contributed by atoms with E-state index in [4.69, 9.17) is 0 Å². The average Bonchev–Trinajstić information content (AvgIpc) is 2.69. The van der Waals surface area contributed by atoms with Crippen molar-refractivity contribution in [2.75, 3.05) is 18.0 Å². The van der Waals surface area contributed by atoms with Crippen LogP contribution in [0.25, 0.3) is 11.2 Å². The molecule has 4 rings (SSSR count). The van der Waals surface area contributed by atoms with Crippen molar-refractivity contribution in [1.29, 1.82) is 0 Å². The highest BCUT2D eigenvalue weighted by Gasteiger charge is 2.33. The van der Waals surface area contributed by atoms with Gasteiger partial charge in [-0.1, -0.05) is 0 Å². The van der Waals surface area contributed by atoms with Gasteiger partial charge in [0.15, 0.2) is 11.3 Å². The van der Waals surface area contributed by atoms with Crippen LogP contribution < -0.4 is 10.5 Å². The first kappa shape index (κ1) is 18.3. The van der Waals surface area contributed by atoms with E-state index in [2.05, 4.69) is 24.8 Å². The SMILES string of the molecule is O=c1cc(C(F)(F)F)ncn1CC1CCN(c2ccc3nccnc3n2)CC1. The Morgan fingerprint density at radius 3 is 2.54 bits per heavy atom. The Hall–Kier alpha value is -3.04. The second-order valence-electron chi connectivity index (χ2n) is 6.76. The Morgan fingerprint density at radius 1 is 1.07 bits per heavy atom. The molecule has 0 radical (unpaired) electrons. The number of fused-ring (bicyclic) bond motifs is 1. The molecule has 3 aromatic rings. The number of pyridine rings is 1. The van der Waals surface area contributed by atoms with Crippen molar-refractivity contribution in [2.24, 2.45) is 5.92 Å². The summed E-state index contributed by atoms with van der Waals surface area (Å²) in [6.45, 7) is 1.84. The third-order valence-electron chi connectivity index (χ3n) is 4.88. The van der Waals surface area contributed by atoms with Crippen LogP contribution in [0.15, 0.2) is 41.7 Å². The molecule has 10 heteroatoms. The summed E-state index contributed by atoms with van der Waals surface area (Å²) in [5.41, 5.74) is -0.520. The van der Waals surface area contributed by atoms with Gasteiger partial charge in [0.05, 0.1) is 6.33 Å². The van der Waals surface area contributed by atoms with Crippen LogP contribution in [0.5, 0.6) is 0 Å². The molecule has 0 atom stereocenters. The maximum absolute atomic E-state index is 12.6. The molecule has 0 bridgehead atoms. The summed E-state index contributed by atoms with van der Waals surface area (Å²) in [7, 11) is 0. The van der Waals surface area contributed by atoms with Crippen LogP contribution in [0.1, 0.15) is 18.5 Å². The van der Waals surface area contributed by atoms with Gasteiger partial charge in [0.2, 0.25) is 0 Å². The number of halogens is 3. The summed E-state index contributed by atoms with van der Waals surface area (Å²) in [5.74, 6) is 1.01. The minimum atomic E-state index is -4.61. The predicted octanol–water partition coefficient (Wildman–Crippen LogP) is 2.52. The molecule has 0 saturated carbocycles. The van der Waals surface area contributed by atoms with Crippen molar-refractivity contribution < 1.29 is 13.2 Å². The molecule has 1 aliphatic heterocycles. The van der Waals surface area contributed by atoms with Gasteiger partial charge in [0.1, 0.15) is 11.3 Å². The minimum absolute atomic E-state index is 0.188. The fourth-order valence-corrected chi connectivity index (χ4v) is 3.36. The molecular weight excluding hydrogens is 373 g/mol. The Morgan fingerprint density at radius 2 is 1.82 bits per heavy atom. The van der Waals surface area contributed by atoms with E-state index in [0.29, 0.717) is 18.3 Å². The summed E-state index contributed by atoms with van der Waals surface area (Å²) < 4.78 is 39.1. The van der Waals surface area contributed by atoms with Crippen molar-refractivity contribution in [3.05, 3.63) is 53.0 Å². The topological polar surface area (TPSA) is 76.8 Å². The second-order valence-corrected chi connectivity index (χ2v) is 6.76. The molecule has 0 amide bonds. The number of alkyl halides is 3. The first-order valence-electron chi connectivity index (χ1n) is 8.86. The number of rotatable bonds is 3. The van der Waals surface area contributed by atoms with Crippen molar-refractivity contribution in [2.45, 2.75) is 25.6 Å². The zero-order valence-electron chi connectivity index (χ0n) is 14.8. The van der Waals surface area contributed by atoms with Gasteiger partial charge in [-0.05, 0) is 30.9 Å². The van der Waals surface area contributed by atoms with Gasteiger partial charge in [-0.3, -0.25) is 14.3 Å². The molecule has 0 spiro atoms. The summed E-state index contributed by atoms with van der Waals surface area (Å²) in [6, 6.07) is 4.33. The fraction of sp³-hybridized carbons (Fsp3) is 0.389. The monoisotopic (exact) mass is 390 g/mol. The molecule has 0 aromatic carbocycles. The summed E-state index contributed by atoms with van der Waals surface area (Å²) >= 11 is 0. The standard InChI is InChI=1S/C18H17F3N6O/c19-18(20,21)14-9-16(28)27(11-24-14)10-12-3-7-26(8-4-12)15-2-1-13-17(25-15)23-6-5-22-13/h1-2,5-6,9,11-12H,3-4,7-8,10H2. The average molecular weight is 390 g/mol. The van der Waals surface area contributed by atoms with Gasteiger partial charge in [-0.25, -0.2) is 15.0 Å². The Balaban J connectivity index is 1.41. The highest BCUT2D eigenvalue weighted by molar-refractivity contribution is 5.71. The van der Waals surface area contributed by atoms with Gasteiger partial charge >= 0.3 is 6.18 Å². The third kappa shape index (κ3) is 3.80. The molecule has 1 saturated heterocycles. The Labute approximate surface area is 157 Å². The van der Waals surface area contributed by atoms with E-state index in [9.17, 15) is 18.0 Å². The first-order chi connectivity index (χ1) is 13.4. The zero-order chi connectivity index (χ0) is 19.7. The molecule has 28 heavy (non-hydrogen) atoms. The Kier molecular flexibility index (Phi) is 4.70. The van der Waals surface area contributed by atoms with Crippen LogP contribution in [-0.4, -0.2) is 37.6 Å². The summed E-state index contributed by atoms with van der Waals surface area (Å²) in [6.07, 6.45) is 1.19. The van der Waals surface area contributed by atoms with E-state index < -0.39 is 17.4 Å². The number of anilines is 1. The van der Waals surface area contributed by atoms with Gasteiger partial charge in [0, 0.05) is 38.1 Å². The lowest BCUT2D eigenvalue weighted by Crippen LogP contribution is -2.37. The van der Waals surface area contributed by atoms with Gasteiger partial charge in [-0.15, -0.1) is 0 Å². The Bertz CT molecular complexity index is 1040. The van der Waals surface area contributed by atoms with Crippen LogP contribution >= 0.6 is 0 Å². The molecule has 146 valence electrons. The maximum Gasteiger partial charge on any atom is 0.433 e. The van der Waals surface area contributed by atoms with Crippen LogP contribution in [0.3, 0.4) is 0 Å². The zero-order valence-corrected chi connectivity index (χ0v) is 14.8. The maximum atomic E-state index is 12.6. The molecule has 1 fully saturated rings. The lowest BCUT2D eigenvalue weighted by atomic mass is 9.96. The van der Waals surface area contributed by atoms with Gasteiger partial charge in [-0.2, -0.15) is 13.2 Å². The van der Waals surface area contributed by atoms with Gasteiger partial charge < -0.3 is 4.90 Å². The number of nitrogens with zero attached hydrogens (tertiary/aromatic N) is 6. The summed E-state index contributed by atoms with van der Waals surface area (Å²) in [5, 5.41) is 0. The van der Waals surface area contributed by atoms with E-state index >= 15 is 0 Å². The number of aromatic nitrogens is 5. The highest BCUT2D eigenvalue weighted by atomic mass is 19.4. The summed E-state index contributed by atoms with van der Waals surface area (Å²) in [4.78, 5) is 30.4. The predicted molar refractivity (Wildman–Crippen MR) is 95.8 cm³/mol. The molecule has 4 heterocycles. The second kappa shape index (κ2) is 7.17. The van der Waals surface area contributed by atoms with Crippen LogP contribution in [-0.2, 0) is 12.7 Å². The normalized spacial score (nSPS) is 15.9. The minimum Gasteiger partial charge on any atom is -0.357 e. The van der Waals surface area contributed by atoms with Crippen molar-refractivity contribution >= 4 is 17.0 Å². The van der Waals surface area contributed by atoms with Crippen LogP contribution in [0.4, 0.5) is 19.0 Å². The number of hydrogen-bond acceptors (Lipinski definition) is 6. The largest absolute Gasteiger partial charge is 0.433 e. The molecule has 7 nitrogen and oxygen atoms in total. The number of hydrogen-bond donors (Lipinski definition) is 0. The molecule has 0 N–H and O–H groups in total. The van der Waals surface area contributed by atoms with E-state index in [1.54, 1.807) is 12.4 Å². The molecule has 1 aliphatic rings. The lowest BCUT2D eigenvalue weighted by molar-refractivity contribution is -0.141. The number of piperidine rings is 1. The van der Waals surface area contributed by atoms with E-state index in [1.165, 1.54) is 4.57 Å². The third-order valence-corrected chi connectivity index (χ3v) is 4.88. The fourth-order valence-electron chi connectivity index (χ4n) is 3.36. The van der Waals surface area contributed by atoms with Crippen molar-refractivity contribution in [3.8, 4) is 0 Å². The first-order valence-corrected chi connectivity index (χ1v) is 8.86. The van der Waals surface area contributed by atoms with Gasteiger partial charge in [0.25, 0.3) is 5.56 Å². The molecule has 3 aromatic heterocycles. The smallest absolute Gasteiger partial charge is 0.357 e. The van der Waals surface area contributed by atoms with Crippen LogP contribution in [0, 0.1) is 5.92 Å².